The Hall–Kier alpha value is -1.09. The van der Waals surface area contributed by atoms with Crippen LogP contribution in [-0.4, -0.2) is 9.78 Å². The predicted molar refractivity (Wildman–Crippen MR) is 65.9 cm³/mol. The first kappa shape index (κ1) is 11.4. The molecule has 3 nitrogen and oxygen atoms in total. The van der Waals surface area contributed by atoms with Crippen molar-refractivity contribution in [3.8, 4) is 0 Å². The Morgan fingerprint density at radius 1 is 1.31 bits per heavy atom. The maximum Gasteiger partial charge on any atom is 0.0542 e. The van der Waals surface area contributed by atoms with Crippen molar-refractivity contribution < 1.29 is 0 Å². The Labute approximate surface area is 97.3 Å². The van der Waals surface area contributed by atoms with E-state index in [1.54, 1.807) is 0 Å². The van der Waals surface area contributed by atoms with Crippen molar-refractivity contribution in [2.75, 3.05) is 0 Å². The lowest BCUT2D eigenvalue weighted by Gasteiger charge is -2.17. The molecule has 88 valence electrons. The Kier molecular flexibility index (Phi) is 3.78. The first-order chi connectivity index (χ1) is 7.77. The van der Waals surface area contributed by atoms with Crippen LogP contribution in [-0.2, 0) is 7.05 Å². The molecule has 0 saturated heterocycles. The molecule has 2 N–H and O–H groups in total. The molecule has 0 bridgehead atoms. The van der Waals surface area contributed by atoms with E-state index in [2.05, 4.69) is 11.2 Å². The van der Waals surface area contributed by atoms with Gasteiger partial charge in [-0.25, -0.2) is 0 Å². The summed E-state index contributed by atoms with van der Waals surface area (Å²) in [5.74, 6) is 0. The minimum absolute atomic E-state index is 0.0480. The predicted octanol–water partition coefficient (Wildman–Crippen LogP) is 2.70. The van der Waals surface area contributed by atoms with Crippen molar-refractivity contribution in [3.05, 3.63) is 29.6 Å². The molecule has 0 aromatic carbocycles. The van der Waals surface area contributed by atoms with Gasteiger partial charge in [0.05, 0.1) is 12.2 Å². The third-order valence-electron chi connectivity index (χ3n) is 3.31. The van der Waals surface area contributed by atoms with Crippen LogP contribution in [0.2, 0.25) is 0 Å². The van der Waals surface area contributed by atoms with E-state index in [9.17, 15) is 0 Å². The van der Waals surface area contributed by atoms with Gasteiger partial charge in [0.2, 0.25) is 0 Å². The number of nitrogens with zero attached hydrogens (tertiary/aromatic N) is 2. The minimum Gasteiger partial charge on any atom is -0.320 e. The largest absolute Gasteiger partial charge is 0.320 e. The lowest BCUT2D eigenvalue weighted by Crippen LogP contribution is -2.13. The Morgan fingerprint density at radius 3 is 2.88 bits per heavy atom. The number of aromatic nitrogens is 2. The molecule has 0 saturated carbocycles. The van der Waals surface area contributed by atoms with Gasteiger partial charge in [-0.2, -0.15) is 5.10 Å². The van der Waals surface area contributed by atoms with Crippen molar-refractivity contribution in [1.29, 1.82) is 0 Å². The van der Waals surface area contributed by atoms with Crippen molar-refractivity contribution in [2.24, 2.45) is 12.8 Å². The third-order valence-corrected chi connectivity index (χ3v) is 3.31. The smallest absolute Gasteiger partial charge is 0.0542 e. The number of hydrogen-bond acceptors (Lipinski definition) is 2. The molecule has 1 heterocycles. The molecular formula is C13H21N3. The van der Waals surface area contributed by atoms with Crippen LogP contribution in [0.3, 0.4) is 0 Å². The van der Waals surface area contributed by atoms with Crippen molar-refractivity contribution in [2.45, 2.75) is 44.6 Å². The highest BCUT2D eigenvalue weighted by Gasteiger charge is 2.14. The molecule has 1 atom stereocenters. The van der Waals surface area contributed by atoms with E-state index >= 15 is 0 Å². The maximum absolute atomic E-state index is 6.28. The highest BCUT2D eigenvalue weighted by molar-refractivity contribution is 5.23. The van der Waals surface area contributed by atoms with Gasteiger partial charge in [0, 0.05) is 18.8 Å². The maximum atomic E-state index is 6.28. The number of rotatable bonds is 2. The van der Waals surface area contributed by atoms with E-state index in [1.807, 2.05) is 24.1 Å². The van der Waals surface area contributed by atoms with E-state index < -0.39 is 0 Å². The van der Waals surface area contributed by atoms with Gasteiger partial charge in [-0.05, 0) is 25.7 Å². The summed E-state index contributed by atoms with van der Waals surface area (Å²) in [5.41, 5.74) is 8.81. The number of allylic oxidation sites excluding steroid dienone is 1. The highest BCUT2D eigenvalue weighted by atomic mass is 15.2. The molecule has 0 amide bonds. The van der Waals surface area contributed by atoms with Crippen LogP contribution in [0.25, 0.3) is 0 Å². The molecule has 0 radical (unpaired) electrons. The summed E-state index contributed by atoms with van der Waals surface area (Å²) in [6.45, 7) is 0. The van der Waals surface area contributed by atoms with E-state index in [0.717, 1.165) is 12.0 Å². The summed E-state index contributed by atoms with van der Waals surface area (Å²) in [4.78, 5) is 0. The van der Waals surface area contributed by atoms with Crippen molar-refractivity contribution in [1.82, 2.24) is 9.78 Å². The normalized spacial score (nSPS) is 23.0. The Balaban J connectivity index is 2.09. The first-order valence-corrected chi connectivity index (χ1v) is 6.20. The van der Waals surface area contributed by atoms with Crippen LogP contribution in [0.1, 0.15) is 50.1 Å². The van der Waals surface area contributed by atoms with Gasteiger partial charge in [0.25, 0.3) is 0 Å². The van der Waals surface area contributed by atoms with Gasteiger partial charge in [0.15, 0.2) is 0 Å². The minimum atomic E-state index is 0.0480. The van der Waals surface area contributed by atoms with Crippen LogP contribution in [0, 0.1) is 0 Å². The van der Waals surface area contributed by atoms with Crippen molar-refractivity contribution >= 4 is 0 Å². The van der Waals surface area contributed by atoms with Crippen LogP contribution in [0.15, 0.2) is 24.0 Å². The number of hydrogen-bond donors (Lipinski definition) is 1. The standard InChI is InChI=1S/C13H21N3/c1-16-10-12(9-15-16)13(14)11-7-5-3-2-4-6-8-11/h7,9-10,13H,2-6,8,14H2,1H3/b11-7+. The highest BCUT2D eigenvalue weighted by Crippen LogP contribution is 2.26. The van der Waals surface area contributed by atoms with Gasteiger partial charge in [0.1, 0.15) is 0 Å². The zero-order valence-corrected chi connectivity index (χ0v) is 10.0. The topological polar surface area (TPSA) is 43.8 Å². The van der Waals surface area contributed by atoms with E-state index in [1.165, 1.54) is 37.7 Å². The molecule has 1 aromatic rings. The summed E-state index contributed by atoms with van der Waals surface area (Å²) < 4.78 is 1.82. The molecule has 0 fully saturated rings. The van der Waals surface area contributed by atoms with E-state index in [4.69, 9.17) is 5.73 Å². The molecule has 0 aliphatic heterocycles. The van der Waals surface area contributed by atoms with Crippen LogP contribution in [0.4, 0.5) is 0 Å². The fourth-order valence-electron chi connectivity index (χ4n) is 2.31. The zero-order valence-electron chi connectivity index (χ0n) is 10.0. The molecule has 3 heteroatoms. The Morgan fingerprint density at radius 2 is 2.12 bits per heavy atom. The molecule has 0 spiro atoms. The summed E-state index contributed by atoms with van der Waals surface area (Å²) in [7, 11) is 1.93. The summed E-state index contributed by atoms with van der Waals surface area (Å²) in [6.07, 6.45) is 13.9. The quantitative estimate of drug-likeness (QED) is 0.777. The first-order valence-electron chi connectivity index (χ1n) is 6.20. The lowest BCUT2D eigenvalue weighted by atomic mass is 9.93. The molecule has 16 heavy (non-hydrogen) atoms. The molecule has 1 aliphatic rings. The Bertz CT molecular complexity index is 365. The molecule has 1 unspecified atom stereocenters. The second-order valence-electron chi connectivity index (χ2n) is 4.66. The van der Waals surface area contributed by atoms with E-state index in [-0.39, 0.29) is 6.04 Å². The fourth-order valence-corrected chi connectivity index (χ4v) is 2.31. The summed E-state index contributed by atoms with van der Waals surface area (Å²) >= 11 is 0. The molecular weight excluding hydrogens is 198 g/mol. The van der Waals surface area contributed by atoms with E-state index in [0.29, 0.717) is 0 Å². The monoisotopic (exact) mass is 219 g/mol. The lowest BCUT2D eigenvalue weighted by molar-refractivity contribution is 0.602. The van der Waals surface area contributed by atoms with Gasteiger partial charge in [-0.3, -0.25) is 4.68 Å². The average molecular weight is 219 g/mol. The second kappa shape index (κ2) is 5.30. The van der Waals surface area contributed by atoms with Crippen LogP contribution >= 0.6 is 0 Å². The summed E-state index contributed by atoms with van der Waals surface area (Å²) in [6, 6.07) is 0.0480. The van der Waals surface area contributed by atoms with Crippen LogP contribution in [0.5, 0.6) is 0 Å². The zero-order chi connectivity index (χ0) is 11.4. The van der Waals surface area contributed by atoms with Crippen molar-refractivity contribution in [3.63, 3.8) is 0 Å². The van der Waals surface area contributed by atoms with Gasteiger partial charge < -0.3 is 5.73 Å². The fraction of sp³-hybridized carbons (Fsp3) is 0.615. The SMILES string of the molecule is Cn1cc(C(N)/C2=C/CCCCCC2)cn1. The van der Waals surface area contributed by atoms with Gasteiger partial charge in [-0.15, -0.1) is 0 Å². The summed E-state index contributed by atoms with van der Waals surface area (Å²) in [5, 5.41) is 4.18. The number of nitrogens with two attached hydrogens (primary N) is 1. The van der Waals surface area contributed by atoms with Gasteiger partial charge >= 0.3 is 0 Å². The average Bonchev–Trinajstić information content (AvgIpc) is 2.63. The molecule has 2 rings (SSSR count). The van der Waals surface area contributed by atoms with Gasteiger partial charge in [-0.1, -0.05) is 24.5 Å². The number of aryl methyl sites for hydroxylation is 1. The second-order valence-corrected chi connectivity index (χ2v) is 4.66. The molecule has 1 aromatic heterocycles. The third kappa shape index (κ3) is 2.73. The van der Waals surface area contributed by atoms with Crippen LogP contribution < -0.4 is 5.73 Å². The molecule has 1 aliphatic carbocycles.